The van der Waals surface area contributed by atoms with Crippen LogP contribution < -0.4 is 0 Å². The molecule has 4 bridgehead atoms. The summed E-state index contributed by atoms with van der Waals surface area (Å²) in [5.74, 6) is -0.190. The van der Waals surface area contributed by atoms with Crippen LogP contribution in [0.5, 0.6) is 0 Å². The number of halogens is 1. The summed E-state index contributed by atoms with van der Waals surface area (Å²) in [7, 11) is -7.95. The lowest BCUT2D eigenvalue weighted by Crippen LogP contribution is -2.45. The van der Waals surface area contributed by atoms with Crippen molar-refractivity contribution in [2.24, 2.45) is 23.7 Å². The topological polar surface area (TPSA) is 68.3 Å². The van der Waals surface area contributed by atoms with Gasteiger partial charge in [0.1, 0.15) is 0 Å². The van der Waals surface area contributed by atoms with Crippen LogP contribution in [0.15, 0.2) is 111 Å². The number of rotatable bonds is 5. The molecule has 4 aliphatic carbocycles. The zero-order valence-corrected chi connectivity index (χ0v) is 23.0. The molecule has 2 saturated carbocycles. The van der Waals surface area contributed by atoms with E-state index < -0.39 is 42.0 Å². The molecule has 3 aromatic rings. The van der Waals surface area contributed by atoms with Gasteiger partial charge in [0.25, 0.3) is 0 Å². The quantitative estimate of drug-likeness (QED) is 0.267. The normalized spacial score (nSPS) is 29.7. The second-order valence-corrected chi connectivity index (χ2v) is 15.6. The van der Waals surface area contributed by atoms with Gasteiger partial charge in [-0.3, -0.25) is 0 Å². The molecular weight excluding hydrogens is 536 g/mol. The first-order chi connectivity index (χ1) is 18.3. The first-order valence-electron chi connectivity index (χ1n) is 13.1. The minimum absolute atomic E-state index is 0.182. The molecule has 7 rings (SSSR count). The van der Waals surface area contributed by atoms with Crippen molar-refractivity contribution in [3.63, 3.8) is 0 Å². The van der Waals surface area contributed by atoms with Crippen LogP contribution in [0.4, 0.5) is 0 Å². The Morgan fingerprint density at radius 2 is 1.08 bits per heavy atom. The van der Waals surface area contributed by atoms with E-state index in [0.29, 0.717) is 16.9 Å². The van der Waals surface area contributed by atoms with Gasteiger partial charge in [0.15, 0.2) is 19.7 Å². The average Bonchev–Trinajstić information content (AvgIpc) is 3.70. The molecule has 0 heterocycles. The molecule has 0 amide bonds. The van der Waals surface area contributed by atoms with Gasteiger partial charge < -0.3 is 0 Å². The SMILES string of the molecule is O=S(=O)(c1ccccc1)[C@@H]1[C@H]2C(=Cc3ccc(Cl)cc3)[C@@H](C3=C2[C@H]2CC[C@H]3C2)[C@H]1S(=O)(=O)c1ccccc1. The third kappa shape index (κ3) is 3.46. The van der Waals surface area contributed by atoms with Crippen LogP contribution in [0.3, 0.4) is 0 Å². The van der Waals surface area contributed by atoms with Crippen molar-refractivity contribution in [1.29, 1.82) is 0 Å². The fraction of sp³-hybridized carbons (Fsp3) is 0.290. The highest BCUT2D eigenvalue weighted by molar-refractivity contribution is 7.96. The van der Waals surface area contributed by atoms with Gasteiger partial charge in [0.2, 0.25) is 0 Å². The van der Waals surface area contributed by atoms with E-state index in [1.165, 1.54) is 11.1 Å². The molecule has 4 aliphatic rings. The summed E-state index contributed by atoms with van der Waals surface area (Å²) in [5, 5.41) is -1.53. The number of benzene rings is 3. The predicted molar refractivity (Wildman–Crippen MR) is 149 cm³/mol. The molecule has 0 aliphatic heterocycles. The average molecular weight is 563 g/mol. The van der Waals surface area contributed by atoms with Crippen molar-refractivity contribution in [2.45, 2.75) is 39.6 Å². The maximum absolute atomic E-state index is 14.4. The molecule has 2 fully saturated rings. The number of allylic oxidation sites excluding steroid dienone is 3. The first kappa shape index (κ1) is 24.4. The van der Waals surface area contributed by atoms with Gasteiger partial charge >= 0.3 is 0 Å². The van der Waals surface area contributed by atoms with E-state index in [-0.39, 0.29) is 9.79 Å². The van der Waals surface area contributed by atoms with Gasteiger partial charge in [-0.25, -0.2) is 16.8 Å². The molecule has 38 heavy (non-hydrogen) atoms. The third-order valence-electron chi connectivity index (χ3n) is 9.08. The highest BCUT2D eigenvalue weighted by atomic mass is 35.5. The van der Waals surface area contributed by atoms with Crippen LogP contribution in [0.25, 0.3) is 6.08 Å². The number of hydrogen-bond donors (Lipinski definition) is 0. The third-order valence-corrected chi connectivity index (χ3v) is 13.9. The van der Waals surface area contributed by atoms with Gasteiger partial charge in [-0.1, -0.05) is 82.9 Å². The van der Waals surface area contributed by atoms with Gasteiger partial charge in [-0.05, 0) is 73.1 Å². The molecule has 0 aromatic heterocycles. The van der Waals surface area contributed by atoms with Crippen molar-refractivity contribution < 1.29 is 16.8 Å². The van der Waals surface area contributed by atoms with E-state index in [4.69, 9.17) is 11.6 Å². The molecule has 4 nitrogen and oxygen atoms in total. The van der Waals surface area contributed by atoms with Crippen molar-refractivity contribution >= 4 is 37.4 Å². The monoisotopic (exact) mass is 562 g/mol. The van der Waals surface area contributed by atoms with Crippen molar-refractivity contribution in [3.8, 4) is 0 Å². The Labute approximate surface area is 228 Å². The van der Waals surface area contributed by atoms with Crippen LogP contribution in [0.2, 0.25) is 5.02 Å². The Kier molecular flexibility index (Phi) is 5.56. The summed E-state index contributed by atoms with van der Waals surface area (Å²) in [5.41, 5.74) is 4.27. The molecule has 3 aromatic carbocycles. The summed E-state index contributed by atoms with van der Waals surface area (Å²) in [6.45, 7) is 0. The van der Waals surface area contributed by atoms with E-state index in [1.807, 2.05) is 30.3 Å². The molecule has 0 radical (unpaired) electrons. The lowest BCUT2D eigenvalue weighted by atomic mass is 9.82. The molecule has 194 valence electrons. The summed E-state index contributed by atoms with van der Waals surface area (Å²) < 4.78 is 57.7. The predicted octanol–water partition coefficient (Wildman–Crippen LogP) is 6.39. The van der Waals surface area contributed by atoms with Gasteiger partial charge in [0.05, 0.1) is 20.3 Å². The fourth-order valence-corrected chi connectivity index (χ4v) is 12.8. The van der Waals surface area contributed by atoms with Crippen LogP contribution in [0, 0.1) is 23.7 Å². The van der Waals surface area contributed by atoms with Crippen LogP contribution in [-0.4, -0.2) is 27.3 Å². The highest BCUT2D eigenvalue weighted by Crippen LogP contribution is 2.68. The highest BCUT2D eigenvalue weighted by Gasteiger charge is 2.67. The van der Waals surface area contributed by atoms with E-state index in [0.717, 1.165) is 30.4 Å². The van der Waals surface area contributed by atoms with E-state index in [2.05, 4.69) is 0 Å². The second kappa shape index (κ2) is 8.67. The Bertz CT molecular complexity index is 1590. The van der Waals surface area contributed by atoms with Gasteiger partial charge in [-0.2, -0.15) is 0 Å². The minimum atomic E-state index is -3.97. The van der Waals surface area contributed by atoms with Gasteiger partial charge in [-0.15, -0.1) is 0 Å². The second-order valence-electron chi connectivity index (χ2n) is 10.9. The zero-order valence-electron chi connectivity index (χ0n) is 20.6. The Morgan fingerprint density at radius 3 is 1.53 bits per heavy atom. The van der Waals surface area contributed by atoms with Gasteiger partial charge in [0, 0.05) is 16.9 Å². The van der Waals surface area contributed by atoms with E-state index in [9.17, 15) is 16.8 Å². The van der Waals surface area contributed by atoms with Crippen LogP contribution in [0.1, 0.15) is 24.8 Å². The van der Waals surface area contributed by atoms with Crippen molar-refractivity contribution in [3.05, 3.63) is 112 Å². The molecule has 0 saturated heterocycles. The van der Waals surface area contributed by atoms with E-state index >= 15 is 0 Å². The molecule has 0 spiro atoms. The Hall–Kier alpha value is -2.67. The largest absolute Gasteiger partial charge is 0.223 e. The summed E-state index contributed by atoms with van der Waals surface area (Å²) in [6.07, 6.45) is 5.16. The summed E-state index contributed by atoms with van der Waals surface area (Å²) in [6, 6.07) is 24.2. The first-order valence-corrected chi connectivity index (χ1v) is 16.5. The molecular formula is C31H27ClO4S2. The Balaban J connectivity index is 1.49. The maximum atomic E-state index is 14.4. The van der Waals surface area contributed by atoms with E-state index in [1.54, 1.807) is 60.7 Å². The number of hydrogen-bond acceptors (Lipinski definition) is 4. The molecule has 6 atom stereocenters. The zero-order chi connectivity index (χ0) is 26.2. The van der Waals surface area contributed by atoms with Crippen LogP contribution >= 0.6 is 11.6 Å². The van der Waals surface area contributed by atoms with Crippen LogP contribution in [-0.2, 0) is 19.7 Å². The molecule has 0 N–H and O–H groups in total. The standard InChI is InChI=1S/C31H27ClO4S2/c32-22-15-11-19(12-16-22)17-25-28-26-20-13-14-21(18-20)27(26)29(25)31(38(35,36)24-9-5-2-6-10-24)30(28)37(33,34)23-7-3-1-4-8-23/h1-12,15-17,20-21,28-31H,13-14,18H2/t20-,21-,28-,29-,30+,31+/m0/s1. The lowest BCUT2D eigenvalue weighted by Gasteiger charge is -2.35. The lowest BCUT2D eigenvalue weighted by molar-refractivity contribution is 0.494. The van der Waals surface area contributed by atoms with Crippen molar-refractivity contribution in [2.75, 3.05) is 0 Å². The summed E-state index contributed by atoms with van der Waals surface area (Å²) >= 11 is 6.14. The molecule has 0 unspecified atom stereocenters. The summed E-state index contributed by atoms with van der Waals surface area (Å²) in [4.78, 5) is 0.365. The Morgan fingerprint density at radius 1 is 0.632 bits per heavy atom. The molecule has 7 heteroatoms. The smallest absolute Gasteiger partial charge is 0.183 e. The fourth-order valence-electron chi connectivity index (χ4n) is 7.73. The maximum Gasteiger partial charge on any atom is 0.183 e. The van der Waals surface area contributed by atoms with Crippen molar-refractivity contribution in [1.82, 2.24) is 0 Å². The number of fused-ring (bicyclic) bond motifs is 8. The minimum Gasteiger partial charge on any atom is -0.223 e. The number of sulfone groups is 2.